The Hall–Kier alpha value is -0.253. The van der Waals surface area contributed by atoms with Crippen LogP contribution in [0.25, 0.3) is 0 Å². The molecule has 23 heavy (non-hydrogen) atoms. The molecule has 1 atom stereocenters. The van der Waals surface area contributed by atoms with Crippen molar-refractivity contribution >= 4 is 19.8 Å². The molecule has 0 saturated carbocycles. The highest BCUT2D eigenvalue weighted by Crippen LogP contribution is 2.44. The lowest BCUT2D eigenvalue weighted by Gasteiger charge is -2.42. The maximum Gasteiger partial charge on any atom is 0.105 e. The molecule has 0 fully saturated rings. The predicted octanol–water partition coefficient (Wildman–Crippen LogP) is 7.14. The van der Waals surface area contributed by atoms with Crippen LogP contribution in [0.4, 0.5) is 0 Å². The summed E-state index contributed by atoms with van der Waals surface area (Å²) in [6, 6.07) is 10.8. The summed E-state index contributed by atoms with van der Waals surface area (Å²) in [6.45, 7) is 9.59. The van der Waals surface area contributed by atoms with E-state index in [0.717, 1.165) is 0 Å². The zero-order valence-corrected chi connectivity index (χ0v) is 17.7. The molecule has 1 aromatic carbocycles. The van der Waals surface area contributed by atoms with Crippen molar-refractivity contribution in [3.8, 4) is 0 Å². The lowest BCUT2D eigenvalue weighted by molar-refractivity contribution is 0.119. The number of hydrogen-bond acceptors (Lipinski definition) is 2. The minimum atomic E-state index is -1.46. The maximum atomic E-state index is 6.18. The van der Waals surface area contributed by atoms with E-state index in [0.29, 0.717) is 0 Å². The van der Waals surface area contributed by atoms with Crippen molar-refractivity contribution in [3.63, 3.8) is 0 Å². The fourth-order valence-corrected chi connectivity index (χ4v) is 7.14. The molecule has 0 aromatic heterocycles. The van der Waals surface area contributed by atoms with Crippen molar-refractivity contribution in [2.75, 3.05) is 7.11 Å². The summed E-state index contributed by atoms with van der Waals surface area (Å²) in [5, 5.41) is 0. The molecule has 0 amide bonds. The van der Waals surface area contributed by atoms with Gasteiger partial charge >= 0.3 is 0 Å². The van der Waals surface area contributed by atoms with Crippen molar-refractivity contribution in [1.82, 2.24) is 0 Å². The third-order valence-electron chi connectivity index (χ3n) is 4.61. The topological polar surface area (TPSA) is 9.23 Å². The summed E-state index contributed by atoms with van der Waals surface area (Å²) >= 11 is 1.95. The molecular formula is C20H36OSSi. The van der Waals surface area contributed by atoms with E-state index in [1.807, 2.05) is 18.9 Å². The molecule has 0 N–H and O–H groups in total. The average molecular weight is 353 g/mol. The van der Waals surface area contributed by atoms with Gasteiger partial charge in [0.25, 0.3) is 0 Å². The van der Waals surface area contributed by atoms with Gasteiger partial charge in [0.1, 0.15) is 4.56 Å². The molecule has 1 aromatic rings. The van der Waals surface area contributed by atoms with Crippen LogP contribution in [0.15, 0.2) is 35.2 Å². The molecule has 1 nitrogen and oxygen atoms in total. The highest BCUT2D eigenvalue weighted by atomic mass is 32.2. The lowest BCUT2D eigenvalue weighted by atomic mass is 10.1. The SMILES string of the molecule is CCCCCCCCCC(OC)(Sc1ccccc1)[Si](C)(C)C. The van der Waals surface area contributed by atoms with Crippen LogP contribution in [0.1, 0.15) is 58.3 Å². The van der Waals surface area contributed by atoms with Gasteiger partial charge in [-0.3, -0.25) is 0 Å². The lowest BCUT2D eigenvalue weighted by Crippen LogP contribution is -2.51. The monoisotopic (exact) mass is 352 g/mol. The molecule has 0 bridgehead atoms. The number of rotatable bonds is 12. The summed E-state index contributed by atoms with van der Waals surface area (Å²) in [4.78, 5) is 1.33. The minimum Gasteiger partial charge on any atom is -0.371 e. The second-order valence-corrected chi connectivity index (χ2v) is 14.5. The second-order valence-electron chi connectivity index (χ2n) is 7.49. The fraction of sp³-hybridized carbons (Fsp3) is 0.700. The van der Waals surface area contributed by atoms with E-state index in [-0.39, 0.29) is 4.56 Å². The summed E-state index contributed by atoms with van der Waals surface area (Å²) in [5.41, 5.74) is 0. The quantitative estimate of drug-likeness (QED) is 0.171. The van der Waals surface area contributed by atoms with Crippen molar-refractivity contribution in [3.05, 3.63) is 30.3 Å². The molecule has 3 heteroatoms. The molecule has 0 spiro atoms. The fourth-order valence-electron chi connectivity index (χ4n) is 3.02. The Bertz CT molecular complexity index is 415. The highest BCUT2D eigenvalue weighted by molar-refractivity contribution is 8.02. The Morgan fingerprint density at radius 3 is 2.00 bits per heavy atom. The van der Waals surface area contributed by atoms with Gasteiger partial charge in [0, 0.05) is 12.0 Å². The van der Waals surface area contributed by atoms with E-state index in [1.165, 1.54) is 56.3 Å². The molecule has 0 aliphatic carbocycles. The zero-order chi connectivity index (χ0) is 17.2. The average Bonchev–Trinajstić information content (AvgIpc) is 2.52. The van der Waals surface area contributed by atoms with Crippen LogP contribution < -0.4 is 0 Å². The molecule has 1 rings (SSSR count). The number of hydrogen-bond donors (Lipinski definition) is 0. The highest BCUT2D eigenvalue weighted by Gasteiger charge is 2.44. The third kappa shape index (κ3) is 7.02. The third-order valence-corrected chi connectivity index (χ3v) is 10.7. The number of thioether (sulfide) groups is 1. The molecule has 0 aliphatic heterocycles. The zero-order valence-electron chi connectivity index (χ0n) is 15.9. The van der Waals surface area contributed by atoms with Gasteiger partial charge in [-0.25, -0.2) is 0 Å². The van der Waals surface area contributed by atoms with Crippen LogP contribution in [-0.2, 0) is 4.74 Å². The van der Waals surface area contributed by atoms with Crippen LogP contribution in [0, 0.1) is 0 Å². The van der Waals surface area contributed by atoms with Gasteiger partial charge in [-0.05, 0) is 18.6 Å². The number of benzene rings is 1. The molecule has 0 saturated heterocycles. The largest absolute Gasteiger partial charge is 0.371 e. The smallest absolute Gasteiger partial charge is 0.105 e. The number of methoxy groups -OCH3 is 1. The molecule has 0 aliphatic rings. The van der Waals surface area contributed by atoms with E-state index in [2.05, 4.69) is 56.9 Å². The first-order valence-electron chi connectivity index (χ1n) is 9.24. The van der Waals surface area contributed by atoms with Crippen LogP contribution >= 0.6 is 11.8 Å². The molecule has 132 valence electrons. The molecule has 1 unspecified atom stereocenters. The van der Waals surface area contributed by atoms with Crippen molar-refractivity contribution in [2.24, 2.45) is 0 Å². The normalized spacial score (nSPS) is 14.7. The van der Waals surface area contributed by atoms with Gasteiger partial charge < -0.3 is 4.74 Å². The first-order valence-corrected chi connectivity index (χ1v) is 13.6. The van der Waals surface area contributed by atoms with Gasteiger partial charge in [0.15, 0.2) is 0 Å². The molecule has 0 heterocycles. The second kappa shape index (κ2) is 10.6. The van der Waals surface area contributed by atoms with Crippen LogP contribution in [0.2, 0.25) is 19.6 Å². The van der Waals surface area contributed by atoms with E-state index < -0.39 is 8.07 Å². The molecule has 0 radical (unpaired) electrons. The van der Waals surface area contributed by atoms with Crippen LogP contribution in [0.5, 0.6) is 0 Å². The van der Waals surface area contributed by atoms with E-state index in [4.69, 9.17) is 4.74 Å². The van der Waals surface area contributed by atoms with Gasteiger partial charge in [-0.1, -0.05) is 101 Å². The first-order chi connectivity index (χ1) is 10.9. The van der Waals surface area contributed by atoms with Gasteiger partial charge in [0.05, 0.1) is 8.07 Å². The van der Waals surface area contributed by atoms with E-state index in [1.54, 1.807) is 0 Å². The summed E-state index contributed by atoms with van der Waals surface area (Å²) < 4.78 is 6.16. The Balaban J connectivity index is 2.59. The van der Waals surface area contributed by atoms with Crippen molar-refractivity contribution in [1.29, 1.82) is 0 Å². The summed E-state index contributed by atoms with van der Waals surface area (Å²) in [7, 11) is 0.452. The Kier molecular flexibility index (Phi) is 9.56. The van der Waals surface area contributed by atoms with Crippen molar-refractivity contribution < 1.29 is 4.74 Å². The minimum absolute atomic E-state index is 0.0161. The van der Waals surface area contributed by atoms with Crippen molar-refractivity contribution in [2.45, 2.75) is 87.4 Å². The standard InChI is InChI=1S/C20H36OSSi/c1-6-7-8-9-10-11-15-18-20(21-2,23(3,4)5)22-19-16-13-12-14-17-19/h12-14,16-17H,6-11,15,18H2,1-5H3. The number of ether oxygens (including phenoxy) is 1. The van der Waals surface area contributed by atoms with Gasteiger partial charge in [-0.2, -0.15) is 0 Å². The summed E-state index contributed by atoms with van der Waals surface area (Å²) in [5.74, 6) is 0. The Labute approximate surface area is 149 Å². The van der Waals surface area contributed by atoms with E-state index >= 15 is 0 Å². The van der Waals surface area contributed by atoms with Crippen LogP contribution in [0.3, 0.4) is 0 Å². The van der Waals surface area contributed by atoms with E-state index in [9.17, 15) is 0 Å². The molecular weight excluding hydrogens is 316 g/mol. The van der Waals surface area contributed by atoms with Gasteiger partial charge in [0.2, 0.25) is 0 Å². The van der Waals surface area contributed by atoms with Gasteiger partial charge in [-0.15, -0.1) is 0 Å². The summed E-state index contributed by atoms with van der Waals surface area (Å²) in [6.07, 6.45) is 10.7. The van der Waals surface area contributed by atoms with Crippen LogP contribution in [-0.4, -0.2) is 19.7 Å². The Morgan fingerprint density at radius 1 is 0.913 bits per heavy atom. The maximum absolute atomic E-state index is 6.18. The Morgan fingerprint density at radius 2 is 1.48 bits per heavy atom. The number of unbranched alkanes of at least 4 members (excludes halogenated alkanes) is 6. The first kappa shape index (κ1) is 20.8. The predicted molar refractivity (Wildman–Crippen MR) is 108 cm³/mol.